The molecule has 1 N–H and O–H groups in total. The first-order valence-electron chi connectivity index (χ1n) is 6.16. The maximum absolute atomic E-state index is 12.5. The van der Waals surface area contributed by atoms with Gasteiger partial charge in [0.1, 0.15) is 11.5 Å². The van der Waals surface area contributed by atoms with Crippen molar-refractivity contribution in [1.82, 2.24) is 4.90 Å². The molecule has 19 heavy (non-hydrogen) atoms. The van der Waals surface area contributed by atoms with Gasteiger partial charge in [-0.25, -0.2) is 0 Å². The van der Waals surface area contributed by atoms with Crippen LogP contribution in [0, 0.1) is 13.8 Å². The molecule has 2 heterocycles. The predicted molar refractivity (Wildman–Crippen MR) is 72.6 cm³/mol. The second-order valence-electron chi connectivity index (χ2n) is 4.65. The molecule has 1 saturated heterocycles. The number of furan rings is 1. The summed E-state index contributed by atoms with van der Waals surface area (Å²) < 4.78 is 5.37. The van der Waals surface area contributed by atoms with E-state index in [0.29, 0.717) is 29.4 Å². The number of carbonyl (C=O) groups excluding carboxylic acids is 1. The van der Waals surface area contributed by atoms with Crippen molar-refractivity contribution in [2.45, 2.75) is 26.3 Å². The molecule has 5 nitrogen and oxygen atoms in total. The predicted octanol–water partition coefficient (Wildman–Crippen LogP) is 1.93. The number of carbonyl (C=O) groups is 2. The molecule has 1 aliphatic heterocycles. The zero-order valence-electron chi connectivity index (χ0n) is 11.0. The van der Waals surface area contributed by atoms with Crippen LogP contribution in [0.5, 0.6) is 0 Å². The number of hydrogen-bond acceptors (Lipinski definition) is 4. The molecule has 0 bridgehead atoms. The molecule has 1 aliphatic rings. The monoisotopic (exact) mass is 283 g/mol. The van der Waals surface area contributed by atoms with E-state index in [2.05, 4.69) is 0 Å². The number of rotatable bonds is 3. The van der Waals surface area contributed by atoms with Crippen molar-refractivity contribution in [2.24, 2.45) is 0 Å². The minimum Gasteiger partial charge on any atom is -0.481 e. The van der Waals surface area contributed by atoms with Crippen LogP contribution in [0.1, 0.15) is 28.3 Å². The molecule has 0 saturated carbocycles. The first kappa shape index (κ1) is 14.0. The highest BCUT2D eigenvalue weighted by atomic mass is 32.2. The molecule has 6 heteroatoms. The highest BCUT2D eigenvalue weighted by Crippen LogP contribution is 2.23. The Labute approximate surface area is 116 Å². The first-order chi connectivity index (χ1) is 8.99. The summed E-state index contributed by atoms with van der Waals surface area (Å²) in [4.78, 5) is 25.0. The number of carboxylic acid groups (broad SMARTS) is 1. The summed E-state index contributed by atoms with van der Waals surface area (Å²) in [7, 11) is 0. The number of aliphatic carboxylic acids is 1. The van der Waals surface area contributed by atoms with Gasteiger partial charge < -0.3 is 14.4 Å². The second-order valence-corrected chi connectivity index (χ2v) is 5.80. The average Bonchev–Trinajstić information content (AvgIpc) is 2.67. The molecule has 1 aromatic heterocycles. The topological polar surface area (TPSA) is 70.8 Å². The normalized spacial score (nSPS) is 19.5. The van der Waals surface area contributed by atoms with Crippen LogP contribution in [0.3, 0.4) is 0 Å². The van der Waals surface area contributed by atoms with Gasteiger partial charge >= 0.3 is 5.97 Å². The fourth-order valence-electron chi connectivity index (χ4n) is 2.29. The fraction of sp³-hybridized carbons (Fsp3) is 0.538. The largest absolute Gasteiger partial charge is 0.481 e. The van der Waals surface area contributed by atoms with Gasteiger partial charge in [0, 0.05) is 18.1 Å². The van der Waals surface area contributed by atoms with Crippen LogP contribution in [0.2, 0.25) is 0 Å². The number of hydrogen-bond donors (Lipinski definition) is 1. The fourth-order valence-corrected chi connectivity index (χ4v) is 3.35. The van der Waals surface area contributed by atoms with Gasteiger partial charge in [-0.2, -0.15) is 11.8 Å². The zero-order valence-corrected chi connectivity index (χ0v) is 11.8. The minimum absolute atomic E-state index is 0.00534. The van der Waals surface area contributed by atoms with Crippen LogP contribution in [-0.2, 0) is 4.79 Å². The Morgan fingerprint density at radius 1 is 1.53 bits per heavy atom. The van der Waals surface area contributed by atoms with E-state index in [9.17, 15) is 9.59 Å². The molecule has 0 spiro atoms. The number of nitrogens with zero attached hydrogens (tertiary/aromatic N) is 1. The summed E-state index contributed by atoms with van der Waals surface area (Å²) in [5, 5.41) is 8.93. The summed E-state index contributed by atoms with van der Waals surface area (Å²) in [6.45, 7) is 4.14. The molecule has 1 amide bonds. The van der Waals surface area contributed by atoms with Crippen molar-refractivity contribution in [3.8, 4) is 0 Å². The summed E-state index contributed by atoms with van der Waals surface area (Å²) in [5.41, 5.74) is 0.541. The molecular formula is C13H17NO4S. The molecule has 1 unspecified atom stereocenters. The van der Waals surface area contributed by atoms with Crippen LogP contribution in [0.15, 0.2) is 10.5 Å². The lowest BCUT2D eigenvalue weighted by molar-refractivity contribution is -0.138. The summed E-state index contributed by atoms with van der Waals surface area (Å²) in [6.07, 6.45) is -0.00534. The number of carboxylic acids is 1. The first-order valence-corrected chi connectivity index (χ1v) is 7.32. The number of thioether (sulfide) groups is 1. The van der Waals surface area contributed by atoms with Crippen molar-refractivity contribution < 1.29 is 19.1 Å². The van der Waals surface area contributed by atoms with Crippen LogP contribution < -0.4 is 0 Å². The number of amides is 1. The molecule has 1 aromatic rings. The summed E-state index contributed by atoms with van der Waals surface area (Å²) >= 11 is 1.69. The molecule has 0 radical (unpaired) electrons. The number of aryl methyl sites for hydroxylation is 2. The van der Waals surface area contributed by atoms with E-state index >= 15 is 0 Å². The van der Waals surface area contributed by atoms with Crippen molar-refractivity contribution in [3.63, 3.8) is 0 Å². The molecule has 2 rings (SSSR count). The standard InChI is InChI=1S/C13H17NO4S/c1-8-5-11(9(2)18-8)13(17)14-3-4-19-7-10(14)6-12(15)16/h5,10H,3-4,6-7H2,1-2H3,(H,15,16). The Morgan fingerprint density at radius 2 is 2.26 bits per heavy atom. The molecular weight excluding hydrogens is 266 g/mol. The second kappa shape index (κ2) is 5.69. The van der Waals surface area contributed by atoms with E-state index in [0.717, 1.165) is 5.75 Å². The van der Waals surface area contributed by atoms with Crippen LogP contribution in [0.25, 0.3) is 0 Å². The van der Waals surface area contributed by atoms with Gasteiger partial charge in [0.05, 0.1) is 18.0 Å². The van der Waals surface area contributed by atoms with Gasteiger partial charge in [0.2, 0.25) is 0 Å². The van der Waals surface area contributed by atoms with E-state index in [1.165, 1.54) is 0 Å². The van der Waals surface area contributed by atoms with E-state index in [1.54, 1.807) is 36.6 Å². The zero-order chi connectivity index (χ0) is 14.0. The quantitative estimate of drug-likeness (QED) is 0.917. The molecule has 104 valence electrons. The summed E-state index contributed by atoms with van der Waals surface area (Å²) in [6, 6.07) is 1.48. The Balaban J connectivity index is 2.19. The lowest BCUT2D eigenvalue weighted by Crippen LogP contribution is -2.47. The van der Waals surface area contributed by atoms with Gasteiger partial charge in [-0.1, -0.05) is 0 Å². The highest BCUT2D eigenvalue weighted by Gasteiger charge is 2.31. The molecule has 1 atom stereocenters. The van der Waals surface area contributed by atoms with Crippen molar-refractivity contribution >= 4 is 23.6 Å². The SMILES string of the molecule is Cc1cc(C(=O)N2CCSCC2CC(=O)O)c(C)o1. The van der Waals surface area contributed by atoms with Crippen LogP contribution >= 0.6 is 11.8 Å². The Kier molecular flexibility index (Phi) is 4.19. The smallest absolute Gasteiger partial charge is 0.305 e. The van der Waals surface area contributed by atoms with Crippen LogP contribution in [0.4, 0.5) is 0 Å². The van der Waals surface area contributed by atoms with Crippen molar-refractivity contribution in [3.05, 3.63) is 23.2 Å². The van der Waals surface area contributed by atoms with E-state index in [-0.39, 0.29) is 18.4 Å². The van der Waals surface area contributed by atoms with E-state index in [1.807, 2.05) is 0 Å². The van der Waals surface area contributed by atoms with Crippen molar-refractivity contribution in [1.29, 1.82) is 0 Å². The van der Waals surface area contributed by atoms with Gasteiger partial charge in [-0.15, -0.1) is 0 Å². The average molecular weight is 283 g/mol. The highest BCUT2D eigenvalue weighted by molar-refractivity contribution is 7.99. The third kappa shape index (κ3) is 3.12. The maximum atomic E-state index is 12.5. The third-order valence-corrected chi connectivity index (χ3v) is 4.26. The van der Waals surface area contributed by atoms with Crippen LogP contribution in [-0.4, -0.2) is 46.0 Å². The maximum Gasteiger partial charge on any atom is 0.305 e. The lowest BCUT2D eigenvalue weighted by Gasteiger charge is -2.34. The Bertz CT molecular complexity index is 497. The summed E-state index contributed by atoms with van der Waals surface area (Å²) in [5.74, 6) is 1.81. The van der Waals surface area contributed by atoms with E-state index < -0.39 is 5.97 Å². The van der Waals surface area contributed by atoms with Gasteiger partial charge in [-0.05, 0) is 19.9 Å². The van der Waals surface area contributed by atoms with E-state index in [4.69, 9.17) is 9.52 Å². The van der Waals surface area contributed by atoms with Crippen molar-refractivity contribution in [2.75, 3.05) is 18.1 Å². The minimum atomic E-state index is -0.870. The van der Waals surface area contributed by atoms with Gasteiger partial charge in [0.25, 0.3) is 5.91 Å². The molecule has 0 aliphatic carbocycles. The molecule has 1 fully saturated rings. The third-order valence-electron chi connectivity index (χ3n) is 3.17. The lowest BCUT2D eigenvalue weighted by atomic mass is 10.1. The Morgan fingerprint density at radius 3 is 2.84 bits per heavy atom. The Hall–Kier alpha value is -1.43. The van der Waals surface area contributed by atoms with Gasteiger partial charge in [0.15, 0.2) is 0 Å². The molecule has 0 aromatic carbocycles. The van der Waals surface area contributed by atoms with Gasteiger partial charge in [-0.3, -0.25) is 9.59 Å².